The molecule has 21 heavy (non-hydrogen) atoms. The van der Waals surface area contributed by atoms with E-state index < -0.39 is 40.7 Å². The highest BCUT2D eigenvalue weighted by molar-refractivity contribution is 5.90. The summed E-state index contributed by atoms with van der Waals surface area (Å²) >= 11 is 0. The molecule has 8 heteroatoms. The minimum Gasteiger partial charge on any atom is -0.441 e. The molecular formula is C13H11F2NO5. The maximum absolute atomic E-state index is 13.4. The van der Waals surface area contributed by atoms with Gasteiger partial charge in [0.25, 0.3) is 0 Å². The highest BCUT2D eigenvalue weighted by Gasteiger charge is 2.42. The molecule has 1 fully saturated rings. The highest BCUT2D eigenvalue weighted by atomic mass is 19.1. The molecule has 1 aromatic rings. The molecule has 2 rings (SSSR count). The summed E-state index contributed by atoms with van der Waals surface area (Å²) in [5, 5.41) is 0. The van der Waals surface area contributed by atoms with Crippen LogP contribution in [0.5, 0.6) is 5.75 Å². The third-order valence-electron chi connectivity index (χ3n) is 2.72. The van der Waals surface area contributed by atoms with E-state index in [4.69, 9.17) is 9.47 Å². The Kier molecular flexibility index (Phi) is 3.63. The van der Waals surface area contributed by atoms with E-state index in [-0.39, 0.29) is 12.8 Å². The lowest BCUT2D eigenvalue weighted by atomic mass is 10.1. The van der Waals surface area contributed by atoms with Gasteiger partial charge in [0.2, 0.25) is 0 Å². The summed E-state index contributed by atoms with van der Waals surface area (Å²) in [5.74, 6) is -2.80. The third-order valence-corrected chi connectivity index (χ3v) is 2.72. The van der Waals surface area contributed by atoms with Crippen LogP contribution in [0.2, 0.25) is 0 Å². The molecule has 0 atom stereocenters. The molecule has 0 unspecified atom stereocenters. The fourth-order valence-corrected chi connectivity index (χ4v) is 1.80. The van der Waals surface area contributed by atoms with E-state index in [0.717, 1.165) is 0 Å². The predicted octanol–water partition coefficient (Wildman–Crippen LogP) is 2.51. The number of carbonyl (C=O) groups is 3. The van der Waals surface area contributed by atoms with E-state index in [0.29, 0.717) is 17.0 Å². The number of cyclic esters (lactones) is 1. The molecule has 0 bridgehead atoms. The van der Waals surface area contributed by atoms with Crippen LogP contribution in [0.25, 0.3) is 0 Å². The number of aldehydes is 1. The van der Waals surface area contributed by atoms with Crippen LogP contribution in [0.1, 0.15) is 24.2 Å². The number of carbonyl (C=O) groups excluding carboxylic acids is 3. The summed E-state index contributed by atoms with van der Waals surface area (Å²) in [6.07, 6.45) is -2.02. The van der Waals surface area contributed by atoms with Crippen LogP contribution < -0.4 is 4.74 Å². The zero-order chi connectivity index (χ0) is 15.8. The van der Waals surface area contributed by atoms with Crippen LogP contribution >= 0.6 is 0 Å². The van der Waals surface area contributed by atoms with Crippen LogP contribution in [0, 0.1) is 11.6 Å². The number of rotatable bonds is 2. The average Bonchev–Trinajstić information content (AvgIpc) is 2.62. The molecule has 0 radical (unpaired) electrons. The van der Waals surface area contributed by atoms with Gasteiger partial charge in [-0.2, -0.15) is 0 Å². The summed E-state index contributed by atoms with van der Waals surface area (Å²) in [6, 6.07) is 1.36. The zero-order valence-electron chi connectivity index (χ0n) is 11.2. The van der Waals surface area contributed by atoms with Crippen molar-refractivity contribution in [1.29, 1.82) is 0 Å². The molecule has 2 amide bonds. The van der Waals surface area contributed by atoms with Gasteiger partial charge in [-0.3, -0.25) is 4.79 Å². The second kappa shape index (κ2) is 5.12. The van der Waals surface area contributed by atoms with E-state index in [9.17, 15) is 23.2 Å². The molecular weight excluding hydrogens is 288 g/mol. The molecule has 6 nitrogen and oxygen atoms in total. The average molecular weight is 299 g/mol. The summed E-state index contributed by atoms with van der Waals surface area (Å²) < 4.78 is 36.4. The van der Waals surface area contributed by atoms with Crippen molar-refractivity contribution in [3.05, 3.63) is 29.3 Å². The van der Waals surface area contributed by atoms with Gasteiger partial charge in [0.05, 0.1) is 12.1 Å². The minimum atomic E-state index is -1.17. The van der Waals surface area contributed by atoms with Crippen molar-refractivity contribution in [3.63, 3.8) is 0 Å². The fraction of sp³-hybridized carbons (Fsp3) is 0.308. The Morgan fingerprint density at radius 1 is 1.38 bits per heavy atom. The number of ether oxygens (including phenoxy) is 2. The summed E-state index contributed by atoms with van der Waals surface area (Å²) in [5.41, 5.74) is -1.63. The molecule has 0 saturated carbocycles. The molecule has 112 valence electrons. The lowest BCUT2D eigenvalue weighted by Crippen LogP contribution is -2.36. The van der Waals surface area contributed by atoms with Crippen molar-refractivity contribution < 1.29 is 32.6 Å². The molecule has 1 heterocycles. The lowest BCUT2D eigenvalue weighted by Gasteiger charge is -2.14. The van der Waals surface area contributed by atoms with Gasteiger partial charge < -0.3 is 9.47 Å². The Morgan fingerprint density at radius 2 is 1.95 bits per heavy atom. The van der Waals surface area contributed by atoms with E-state index in [1.807, 2.05) is 0 Å². The first-order chi connectivity index (χ1) is 9.73. The molecule has 0 spiro atoms. The molecule has 1 aliphatic heterocycles. The summed E-state index contributed by atoms with van der Waals surface area (Å²) in [4.78, 5) is 34.4. The standard InChI is InChI=1S/C13H11F2NO5/c1-13(2)6-16(12(19)21-13)11(18)20-7-3-9(14)8(5-17)10(15)4-7/h3-5H,6H2,1-2H3. The van der Waals surface area contributed by atoms with Gasteiger partial charge in [-0.05, 0) is 13.8 Å². The van der Waals surface area contributed by atoms with E-state index in [1.54, 1.807) is 13.8 Å². The third kappa shape index (κ3) is 2.99. The van der Waals surface area contributed by atoms with Crippen molar-refractivity contribution in [2.45, 2.75) is 19.4 Å². The quantitative estimate of drug-likeness (QED) is 0.784. The first-order valence-electron chi connectivity index (χ1n) is 5.90. The Hall–Kier alpha value is -2.51. The van der Waals surface area contributed by atoms with E-state index in [1.165, 1.54) is 0 Å². The van der Waals surface area contributed by atoms with Crippen molar-refractivity contribution >= 4 is 18.5 Å². The largest absolute Gasteiger partial charge is 0.441 e. The molecule has 0 aromatic heterocycles. The number of imide groups is 1. The van der Waals surface area contributed by atoms with Gasteiger partial charge in [-0.15, -0.1) is 0 Å². The summed E-state index contributed by atoms with van der Waals surface area (Å²) in [7, 11) is 0. The number of hydrogen-bond acceptors (Lipinski definition) is 5. The van der Waals surface area contributed by atoms with Crippen LogP contribution in [0.3, 0.4) is 0 Å². The van der Waals surface area contributed by atoms with Crippen molar-refractivity contribution in [2.24, 2.45) is 0 Å². The number of nitrogens with zero attached hydrogens (tertiary/aromatic N) is 1. The highest BCUT2D eigenvalue weighted by Crippen LogP contribution is 2.24. The normalized spacial score (nSPS) is 16.6. The van der Waals surface area contributed by atoms with Crippen molar-refractivity contribution in [2.75, 3.05) is 6.54 Å². The van der Waals surface area contributed by atoms with E-state index in [2.05, 4.69) is 0 Å². The van der Waals surface area contributed by atoms with Crippen LogP contribution in [0.4, 0.5) is 18.4 Å². The molecule has 1 aliphatic rings. The van der Waals surface area contributed by atoms with Crippen LogP contribution in [0.15, 0.2) is 12.1 Å². The minimum absolute atomic E-state index is 0.0105. The number of benzene rings is 1. The van der Waals surface area contributed by atoms with Gasteiger partial charge in [0.1, 0.15) is 23.0 Å². The van der Waals surface area contributed by atoms with Crippen LogP contribution in [-0.2, 0) is 4.74 Å². The SMILES string of the molecule is CC1(C)CN(C(=O)Oc2cc(F)c(C=O)c(F)c2)C(=O)O1. The maximum Gasteiger partial charge on any atom is 0.424 e. The molecule has 1 aromatic carbocycles. The second-order valence-corrected chi connectivity index (χ2v) is 5.00. The van der Waals surface area contributed by atoms with Crippen molar-refractivity contribution in [1.82, 2.24) is 4.90 Å². The Morgan fingerprint density at radius 3 is 2.38 bits per heavy atom. The second-order valence-electron chi connectivity index (χ2n) is 5.00. The monoisotopic (exact) mass is 299 g/mol. The first kappa shape index (κ1) is 14.9. The Balaban J connectivity index is 2.17. The lowest BCUT2D eigenvalue weighted by molar-refractivity contribution is 0.0859. The number of hydrogen-bond donors (Lipinski definition) is 0. The Bertz CT molecular complexity index is 606. The van der Waals surface area contributed by atoms with Gasteiger partial charge in [-0.1, -0.05) is 0 Å². The zero-order valence-corrected chi connectivity index (χ0v) is 11.2. The van der Waals surface area contributed by atoms with Gasteiger partial charge in [0, 0.05) is 12.1 Å². The van der Waals surface area contributed by atoms with Gasteiger partial charge in [-0.25, -0.2) is 23.3 Å². The molecule has 0 aliphatic carbocycles. The Labute approximate surface area is 118 Å². The summed E-state index contributed by atoms with van der Waals surface area (Å²) in [6.45, 7) is 3.13. The molecule has 1 saturated heterocycles. The smallest absolute Gasteiger partial charge is 0.424 e. The molecule has 0 N–H and O–H groups in total. The van der Waals surface area contributed by atoms with E-state index >= 15 is 0 Å². The van der Waals surface area contributed by atoms with Crippen LogP contribution in [-0.4, -0.2) is 35.5 Å². The number of amides is 2. The maximum atomic E-state index is 13.4. The predicted molar refractivity (Wildman–Crippen MR) is 65.0 cm³/mol. The fourth-order valence-electron chi connectivity index (χ4n) is 1.80. The van der Waals surface area contributed by atoms with Gasteiger partial charge in [0.15, 0.2) is 6.29 Å². The topological polar surface area (TPSA) is 72.9 Å². The van der Waals surface area contributed by atoms with Crippen molar-refractivity contribution in [3.8, 4) is 5.75 Å². The van der Waals surface area contributed by atoms with Gasteiger partial charge >= 0.3 is 12.2 Å². The number of halogens is 2. The first-order valence-corrected chi connectivity index (χ1v) is 5.90.